The summed E-state index contributed by atoms with van der Waals surface area (Å²) in [5.41, 5.74) is 9.89. The van der Waals surface area contributed by atoms with Crippen LogP contribution < -0.4 is 21.5 Å². The molecular formula is C31H42BrN7O. The number of halogens is 1. The SMILES string of the molecule is Cc1c(Br)c(=O)n(C2CCCC2)c2nc(Nc3ccc(N4CCC(CCCN5CCC(N)C5)CC4)cc3)ncc12. The molecule has 0 radical (unpaired) electrons. The van der Waals surface area contributed by atoms with Crippen LogP contribution in [-0.2, 0) is 0 Å². The lowest BCUT2D eigenvalue weighted by molar-refractivity contribution is 0.297. The Kier molecular flexibility index (Phi) is 8.42. The molecule has 1 aliphatic carbocycles. The zero-order valence-electron chi connectivity index (χ0n) is 23.6. The molecule has 3 aromatic rings. The number of anilines is 3. The number of aromatic nitrogens is 3. The lowest BCUT2D eigenvalue weighted by atomic mass is 9.92. The van der Waals surface area contributed by atoms with Crippen LogP contribution in [0.15, 0.2) is 39.7 Å². The number of rotatable bonds is 8. The van der Waals surface area contributed by atoms with Crippen LogP contribution in [0.2, 0.25) is 0 Å². The molecule has 40 heavy (non-hydrogen) atoms. The highest BCUT2D eigenvalue weighted by atomic mass is 79.9. The lowest BCUT2D eigenvalue weighted by Crippen LogP contribution is -2.34. The van der Waals surface area contributed by atoms with Crippen molar-refractivity contribution in [1.29, 1.82) is 0 Å². The van der Waals surface area contributed by atoms with E-state index in [0.29, 0.717) is 16.5 Å². The number of aryl methyl sites for hydroxylation is 1. The van der Waals surface area contributed by atoms with Crippen LogP contribution in [0.1, 0.15) is 69.4 Å². The molecule has 0 bridgehead atoms. The average molecular weight is 609 g/mol. The molecule has 2 aliphatic heterocycles. The first-order valence-electron chi connectivity index (χ1n) is 15.1. The fourth-order valence-corrected chi connectivity index (χ4v) is 7.30. The third-order valence-electron chi connectivity index (χ3n) is 9.33. The van der Waals surface area contributed by atoms with E-state index in [2.05, 4.69) is 60.3 Å². The van der Waals surface area contributed by atoms with Gasteiger partial charge in [0.2, 0.25) is 5.95 Å². The molecule has 0 amide bonds. The molecule has 3 fully saturated rings. The Morgan fingerprint density at radius 1 is 1.05 bits per heavy atom. The summed E-state index contributed by atoms with van der Waals surface area (Å²) in [5.74, 6) is 1.36. The summed E-state index contributed by atoms with van der Waals surface area (Å²) >= 11 is 3.52. The van der Waals surface area contributed by atoms with Crippen LogP contribution in [0.25, 0.3) is 11.0 Å². The maximum Gasteiger partial charge on any atom is 0.267 e. The van der Waals surface area contributed by atoms with Crippen molar-refractivity contribution < 1.29 is 0 Å². The summed E-state index contributed by atoms with van der Waals surface area (Å²) in [6.45, 7) is 7.65. The highest BCUT2D eigenvalue weighted by Gasteiger charge is 2.24. The molecule has 4 heterocycles. The molecule has 2 aromatic heterocycles. The molecule has 1 atom stereocenters. The predicted octanol–water partition coefficient (Wildman–Crippen LogP) is 5.75. The molecule has 1 aromatic carbocycles. The van der Waals surface area contributed by atoms with Crippen molar-refractivity contribution in [2.24, 2.45) is 11.7 Å². The van der Waals surface area contributed by atoms with Crippen molar-refractivity contribution in [3.05, 3.63) is 50.9 Å². The largest absolute Gasteiger partial charge is 0.372 e. The molecule has 8 nitrogen and oxygen atoms in total. The number of pyridine rings is 1. The first kappa shape index (κ1) is 27.7. The van der Waals surface area contributed by atoms with Crippen molar-refractivity contribution in [3.63, 3.8) is 0 Å². The summed E-state index contributed by atoms with van der Waals surface area (Å²) in [6, 6.07) is 9.17. The number of likely N-dealkylation sites (tertiary alicyclic amines) is 1. The second-order valence-electron chi connectivity index (χ2n) is 12.1. The minimum Gasteiger partial charge on any atom is -0.372 e. The Hall–Kier alpha value is -2.49. The number of piperidine rings is 1. The van der Waals surface area contributed by atoms with Crippen molar-refractivity contribution in [2.45, 2.75) is 76.8 Å². The molecule has 1 unspecified atom stereocenters. The first-order chi connectivity index (χ1) is 19.5. The Morgan fingerprint density at radius 2 is 1.80 bits per heavy atom. The van der Waals surface area contributed by atoms with E-state index in [1.54, 1.807) is 0 Å². The second-order valence-corrected chi connectivity index (χ2v) is 12.9. The van der Waals surface area contributed by atoms with Gasteiger partial charge in [-0.25, -0.2) is 4.98 Å². The zero-order valence-corrected chi connectivity index (χ0v) is 25.2. The van der Waals surface area contributed by atoms with Gasteiger partial charge in [0.05, 0.1) is 4.47 Å². The predicted molar refractivity (Wildman–Crippen MR) is 167 cm³/mol. The molecule has 2 saturated heterocycles. The second kappa shape index (κ2) is 12.2. The van der Waals surface area contributed by atoms with Gasteiger partial charge in [-0.1, -0.05) is 12.8 Å². The smallest absolute Gasteiger partial charge is 0.267 e. The minimum atomic E-state index is 0.00556. The van der Waals surface area contributed by atoms with E-state index in [4.69, 9.17) is 10.7 Å². The van der Waals surface area contributed by atoms with Gasteiger partial charge in [-0.05, 0) is 117 Å². The van der Waals surface area contributed by atoms with Crippen LogP contribution >= 0.6 is 15.9 Å². The monoisotopic (exact) mass is 607 g/mol. The molecular weight excluding hydrogens is 566 g/mol. The van der Waals surface area contributed by atoms with Gasteiger partial charge in [0.1, 0.15) is 5.65 Å². The fraction of sp³-hybridized carbons (Fsp3) is 0.581. The van der Waals surface area contributed by atoms with Crippen LogP contribution in [0.3, 0.4) is 0 Å². The fourth-order valence-electron chi connectivity index (χ4n) is 6.90. The number of fused-ring (bicyclic) bond motifs is 1. The van der Waals surface area contributed by atoms with Gasteiger partial charge in [-0.15, -0.1) is 0 Å². The molecule has 214 valence electrons. The first-order valence-corrected chi connectivity index (χ1v) is 15.9. The summed E-state index contributed by atoms with van der Waals surface area (Å²) in [7, 11) is 0. The van der Waals surface area contributed by atoms with Crippen molar-refractivity contribution in [1.82, 2.24) is 19.4 Å². The van der Waals surface area contributed by atoms with E-state index in [-0.39, 0.29) is 11.6 Å². The number of nitrogens with two attached hydrogens (primary N) is 1. The molecule has 6 rings (SSSR count). The Balaban J connectivity index is 1.08. The number of nitrogens with one attached hydrogen (secondary N) is 1. The number of benzene rings is 1. The van der Waals surface area contributed by atoms with E-state index < -0.39 is 0 Å². The van der Waals surface area contributed by atoms with Gasteiger partial charge in [-0.3, -0.25) is 9.36 Å². The third-order valence-corrected chi connectivity index (χ3v) is 10.3. The van der Waals surface area contributed by atoms with E-state index in [9.17, 15) is 4.79 Å². The van der Waals surface area contributed by atoms with E-state index >= 15 is 0 Å². The maximum atomic E-state index is 13.2. The van der Waals surface area contributed by atoms with Gasteiger partial charge < -0.3 is 20.9 Å². The molecule has 9 heteroatoms. The van der Waals surface area contributed by atoms with E-state index in [0.717, 1.165) is 79.9 Å². The quantitative estimate of drug-likeness (QED) is 0.337. The summed E-state index contributed by atoms with van der Waals surface area (Å²) in [4.78, 5) is 27.7. The van der Waals surface area contributed by atoms with Crippen LogP contribution in [0, 0.1) is 12.8 Å². The third kappa shape index (κ3) is 5.92. The van der Waals surface area contributed by atoms with Crippen molar-refractivity contribution in [3.8, 4) is 0 Å². The summed E-state index contributed by atoms with van der Waals surface area (Å²) in [6.07, 6.45) is 12.5. The molecule has 3 aliphatic rings. The topological polar surface area (TPSA) is 92.3 Å². The van der Waals surface area contributed by atoms with Gasteiger partial charge >= 0.3 is 0 Å². The lowest BCUT2D eigenvalue weighted by Gasteiger charge is -2.34. The summed E-state index contributed by atoms with van der Waals surface area (Å²) < 4.78 is 2.50. The van der Waals surface area contributed by atoms with E-state index in [1.807, 2.05) is 17.7 Å². The van der Waals surface area contributed by atoms with Crippen molar-refractivity contribution in [2.75, 3.05) is 42.9 Å². The Morgan fingerprint density at radius 3 is 2.50 bits per heavy atom. The molecule has 0 spiro atoms. The highest BCUT2D eigenvalue weighted by Crippen LogP contribution is 2.33. The Bertz CT molecular complexity index is 1380. The van der Waals surface area contributed by atoms with Crippen LogP contribution in [0.4, 0.5) is 17.3 Å². The number of hydrogen-bond acceptors (Lipinski definition) is 7. The molecule has 1 saturated carbocycles. The highest BCUT2D eigenvalue weighted by molar-refractivity contribution is 9.10. The van der Waals surface area contributed by atoms with Crippen LogP contribution in [0.5, 0.6) is 0 Å². The summed E-state index contributed by atoms with van der Waals surface area (Å²) in [5, 5.41) is 4.29. The standard InChI is InChI=1S/C31H42BrN7O/c1-21-27-19-34-31(36-29(27)39(30(40)28(21)32)26-6-2-3-7-26)35-24-8-10-25(11-9-24)38-17-12-22(13-18-38)5-4-15-37-16-14-23(33)20-37/h8-11,19,22-23,26H,2-7,12-18,20,33H2,1H3,(H,34,35,36). The van der Waals surface area contributed by atoms with Crippen LogP contribution in [-0.4, -0.2) is 58.2 Å². The zero-order chi connectivity index (χ0) is 27.6. The number of nitrogens with zero attached hydrogens (tertiary/aromatic N) is 5. The van der Waals surface area contributed by atoms with Gasteiger partial charge in [0, 0.05) is 54.7 Å². The Labute approximate surface area is 245 Å². The van der Waals surface area contributed by atoms with Gasteiger partial charge in [0.15, 0.2) is 0 Å². The molecule has 3 N–H and O–H groups in total. The number of hydrogen-bond donors (Lipinski definition) is 2. The maximum absolute atomic E-state index is 13.2. The van der Waals surface area contributed by atoms with Crippen molar-refractivity contribution >= 4 is 44.3 Å². The normalized spacial score (nSPS) is 21.1. The van der Waals surface area contributed by atoms with Gasteiger partial charge in [0.25, 0.3) is 5.56 Å². The average Bonchev–Trinajstić information content (AvgIpc) is 3.65. The minimum absolute atomic E-state index is 0.00556. The van der Waals surface area contributed by atoms with Gasteiger partial charge in [-0.2, -0.15) is 4.98 Å². The van der Waals surface area contributed by atoms with E-state index in [1.165, 1.54) is 44.5 Å².